The lowest BCUT2D eigenvalue weighted by Gasteiger charge is -2.20. The highest BCUT2D eigenvalue weighted by Gasteiger charge is 2.26. The van der Waals surface area contributed by atoms with Gasteiger partial charge in [-0.1, -0.05) is 22.9 Å². The SMILES string of the molecule is CCN(CCNCc1cc(Br)ccc1OC)C1CC1. The number of nitrogens with zero attached hydrogens (tertiary/aromatic N) is 1. The van der Waals surface area contributed by atoms with Crippen LogP contribution in [0.15, 0.2) is 22.7 Å². The fraction of sp³-hybridized carbons (Fsp3) is 0.600. The van der Waals surface area contributed by atoms with Crippen LogP contribution in [0.4, 0.5) is 0 Å². The van der Waals surface area contributed by atoms with E-state index >= 15 is 0 Å². The first kappa shape index (κ1) is 14.8. The lowest BCUT2D eigenvalue weighted by molar-refractivity contribution is 0.276. The van der Waals surface area contributed by atoms with Gasteiger partial charge in [0.1, 0.15) is 5.75 Å². The van der Waals surface area contributed by atoms with Crippen molar-refractivity contribution in [3.63, 3.8) is 0 Å². The minimum absolute atomic E-state index is 0.852. The highest BCUT2D eigenvalue weighted by molar-refractivity contribution is 9.10. The molecule has 1 aliphatic rings. The predicted octanol–water partition coefficient (Wildman–Crippen LogP) is 3.03. The van der Waals surface area contributed by atoms with Crippen LogP contribution in [0.2, 0.25) is 0 Å². The summed E-state index contributed by atoms with van der Waals surface area (Å²) in [4.78, 5) is 2.56. The van der Waals surface area contributed by atoms with Crippen LogP contribution in [0.3, 0.4) is 0 Å². The van der Waals surface area contributed by atoms with Gasteiger partial charge in [-0.25, -0.2) is 0 Å². The minimum Gasteiger partial charge on any atom is -0.496 e. The van der Waals surface area contributed by atoms with Crippen LogP contribution in [-0.2, 0) is 6.54 Å². The molecule has 1 aromatic carbocycles. The maximum absolute atomic E-state index is 5.38. The summed E-state index contributed by atoms with van der Waals surface area (Å²) in [6.07, 6.45) is 2.76. The normalized spacial score (nSPS) is 14.9. The fourth-order valence-electron chi connectivity index (χ4n) is 2.37. The van der Waals surface area contributed by atoms with Crippen LogP contribution >= 0.6 is 15.9 Å². The van der Waals surface area contributed by atoms with Crippen molar-refractivity contribution in [2.45, 2.75) is 32.4 Å². The first-order valence-electron chi connectivity index (χ1n) is 7.01. The van der Waals surface area contributed by atoms with E-state index in [2.05, 4.69) is 39.1 Å². The Morgan fingerprint density at radius 1 is 1.42 bits per heavy atom. The largest absolute Gasteiger partial charge is 0.496 e. The predicted molar refractivity (Wildman–Crippen MR) is 82.7 cm³/mol. The van der Waals surface area contributed by atoms with Crippen molar-refractivity contribution in [2.75, 3.05) is 26.7 Å². The Balaban J connectivity index is 1.77. The van der Waals surface area contributed by atoms with E-state index in [4.69, 9.17) is 4.74 Å². The molecule has 0 amide bonds. The third-order valence-corrected chi connectivity index (χ3v) is 4.10. The van der Waals surface area contributed by atoms with Gasteiger partial charge in [0, 0.05) is 35.7 Å². The maximum atomic E-state index is 5.38. The summed E-state index contributed by atoms with van der Waals surface area (Å²) in [7, 11) is 1.72. The average molecular weight is 327 g/mol. The number of halogens is 1. The number of likely N-dealkylation sites (N-methyl/N-ethyl adjacent to an activating group) is 1. The van der Waals surface area contributed by atoms with Gasteiger partial charge < -0.3 is 10.1 Å². The van der Waals surface area contributed by atoms with Crippen LogP contribution in [0.5, 0.6) is 5.75 Å². The molecule has 0 unspecified atom stereocenters. The second-order valence-electron chi connectivity index (χ2n) is 4.99. The van der Waals surface area contributed by atoms with E-state index in [9.17, 15) is 0 Å². The van der Waals surface area contributed by atoms with Crippen LogP contribution in [-0.4, -0.2) is 37.7 Å². The Labute approximate surface area is 124 Å². The van der Waals surface area contributed by atoms with Crippen molar-refractivity contribution < 1.29 is 4.74 Å². The fourth-order valence-corrected chi connectivity index (χ4v) is 2.78. The molecule has 1 N–H and O–H groups in total. The van der Waals surface area contributed by atoms with Crippen molar-refractivity contribution in [1.82, 2.24) is 10.2 Å². The van der Waals surface area contributed by atoms with Gasteiger partial charge in [0.05, 0.1) is 7.11 Å². The number of nitrogens with one attached hydrogen (secondary N) is 1. The van der Waals surface area contributed by atoms with E-state index in [-0.39, 0.29) is 0 Å². The molecule has 19 heavy (non-hydrogen) atoms. The zero-order chi connectivity index (χ0) is 13.7. The Morgan fingerprint density at radius 3 is 2.84 bits per heavy atom. The molecule has 1 fully saturated rings. The van der Waals surface area contributed by atoms with Gasteiger partial charge in [0.2, 0.25) is 0 Å². The molecule has 3 nitrogen and oxygen atoms in total. The van der Waals surface area contributed by atoms with Crippen molar-refractivity contribution in [3.05, 3.63) is 28.2 Å². The van der Waals surface area contributed by atoms with Crippen LogP contribution in [0.25, 0.3) is 0 Å². The molecule has 0 heterocycles. The van der Waals surface area contributed by atoms with Gasteiger partial charge in [-0.3, -0.25) is 4.90 Å². The van der Waals surface area contributed by atoms with Crippen molar-refractivity contribution >= 4 is 15.9 Å². The summed E-state index contributed by atoms with van der Waals surface area (Å²) in [5, 5.41) is 3.51. The maximum Gasteiger partial charge on any atom is 0.123 e. The zero-order valence-corrected chi connectivity index (χ0v) is 13.4. The molecule has 2 rings (SSSR count). The lowest BCUT2D eigenvalue weighted by atomic mass is 10.2. The van der Waals surface area contributed by atoms with Gasteiger partial charge >= 0.3 is 0 Å². The molecule has 0 aliphatic heterocycles. The Kier molecular flexibility index (Phi) is 5.67. The first-order valence-corrected chi connectivity index (χ1v) is 7.81. The van der Waals surface area contributed by atoms with Crippen LogP contribution in [0.1, 0.15) is 25.3 Å². The molecular weight excluding hydrogens is 304 g/mol. The smallest absolute Gasteiger partial charge is 0.123 e. The van der Waals surface area contributed by atoms with E-state index in [0.29, 0.717) is 0 Å². The molecule has 1 aliphatic carbocycles. The van der Waals surface area contributed by atoms with E-state index in [1.165, 1.54) is 18.4 Å². The second-order valence-corrected chi connectivity index (χ2v) is 5.91. The van der Waals surface area contributed by atoms with E-state index in [1.807, 2.05) is 12.1 Å². The molecule has 1 saturated carbocycles. The number of hydrogen-bond donors (Lipinski definition) is 1. The quantitative estimate of drug-likeness (QED) is 0.743. The van der Waals surface area contributed by atoms with E-state index < -0.39 is 0 Å². The molecule has 0 aromatic heterocycles. The molecular formula is C15H23BrN2O. The Bertz CT molecular complexity index is 407. The Hall–Kier alpha value is -0.580. The molecule has 0 spiro atoms. The number of ether oxygens (including phenoxy) is 1. The third-order valence-electron chi connectivity index (χ3n) is 3.60. The third kappa shape index (κ3) is 4.48. The van der Waals surface area contributed by atoms with E-state index in [0.717, 1.165) is 42.4 Å². The van der Waals surface area contributed by atoms with Crippen molar-refractivity contribution in [2.24, 2.45) is 0 Å². The highest BCUT2D eigenvalue weighted by atomic mass is 79.9. The topological polar surface area (TPSA) is 24.5 Å². The van der Waals surface area contributed by atoms with Crippen LogP contribution < -0.4 is 10.1 Å². The molecule has 1 aromatic rings. The van der Waals surface area contributed by atoms with Gasteiger partial charge in [-0.2, -0.15) is 0 Å². The first-order chi connectivity index (χ1) is 9.24. The van der Waals surface area contributed by atoms with Gasteiger partial charge in [-0.15, -0.1) is 0 Å². The molecule has 0 radical (unpaired) electrons. The number of benzene rings is 1. The van der Waals surface area contributed by atoms with Crippen molar-refractivity contribution in [3.8, 4) is 5.75 Å². The number of rotatable bonds is 8. The standard InChI is InChI=1S/C15H23BrN2O/c1-3-18(14-5-6-14)9-8-17-11-12-10-13(16)4-7-15(12)19-2/h4,7,10,14,17H,3,5-6,8-9,11H2,1-2H3. The molecule has 0 saturated heterocycles. The lowest BCUT2D eigenvalue weighted by Crippen LogP contribution is -2.33. The second kappa shape index (κ2) is 7.27. The summed E-state index contributed by atoms with van der Waals surface area (Å²) in [6.45, 7) is 6.42. The highest BCUT2D eigenvalue weighted by Crippen LogP contribution is 2.26. The number of hydrogen-bond acceptors (Lipinski definition) is 3. The van der Waals surface area contributed by atoms with E-state index in [1.54, 1.807) is 7.11 Å². The molecule has 0 atom stereocenters. The number of methoxy groups -OCH3 is 1. The monoisotopic (exact) mass is 326 g/mol. The minimum atomic E-state index is 0.852. The van der Waals surface area contributed by atoms with Crippen molar-refractivity contribution in [1.29, 1.82) is 0 Å². The average Bonchev–Trinajstić information content (AvgIpc) is 3.23. The Morgan fingerprint density at radius 2 is 2.21 bits per heavy atom. The summed E-state index contributed by atoms with van der Waals surface area (Å²) < 4.78 is 6.47. The summed E-state index contributed by atoms with van der Waals surface area (Å²) in [6, 6.07) is 6.98. The zero-order valence-electron chi connectivity index (χ0n) is 11.8. The molecule has 106 valence electrons. The summed E-state index contributed by atoms with van der Waals surface area (Å²) >= 11 is 3.50. The van der Waals surface area contributed by atoms with Crippen LogP contribution in [0, 0.1) is 0 Å². The summed E-state index contributed by atoms with van der Waals surface area (Å²) in [5.41, 5.74) is 1.20. The van der Waals surface area contributed by atoms with Gasteiger partial charge in [-0.05, 0) is 37.6 Å². The molecule has 4 heteroatoms. The summed E-state index contributed by atoms with van der Waals surface area (Å²) in [5.74, 6) is 0.949. The molecule has 0 bridgehead atoms. The van der Waals surface area contributed by atoms with Gasteiger partial charge in [0.25, 0.3) is 0 Å². The van der Waals surface area contributed by atoms with Gasteiger partial charge in [0.15, 0.2) is 0 Å².